The summed E-state index contributed by atoms with van der Waals surface area (Å²) >= 11 is 0. The second-order valence-corrected chi connectivity index (χ2v) is 6.84. The summed E-state index contributed by atoms with van der Waals surface area (Å²) in [5.41, 5.74) is 1.67. The van der Waals surface area contributed by atoms with Crippen LogP contribution in [-0.2, 0) is 14.3 Å². The van der Waals surface area contributed by atoms with Gasteiger partial charge in [-0.1, -0.05) is 18.7 Å². The summed E-state index contributed by atoms with van der Waals surface area (Å²) in [6.07, 6.45) is 3.44. The summed E-state index contributed by atoms with van der Waals surface area (Å²) in [5, 5.41) is 0. The molecular formula is C25H25NO7. The van der Waals surface area contributed by atoms with E-state index in [1.165, 1.54) is 44.1 Å². The molecule has 1 amide bonds. The lowest BCUT2D eigenvalue weighted by atomic mass is 10.1. The van der Waals surface area contributed by atoms with Crippen molar-refractivity contribution in [1.82, 2.24) is 0 Å². The summed E-state index contributed by atoms with van der Waals surface area (Å²) in [6, 6.07) is 10.5. The van der Waals surface area contributed by atoms with Crippen LogP contribution in [0.3, 0.4) is 0 Å². The summed E-state index contributed by atoms with van der Waals surface area (Å²) in [5.74, 6) is -2.10. The van der Waals surface area contributed by atoms with E-state index in [0.717, 1.165) is 5.57 Å². The quantitative estimate of drug-likeness (QED) is 0.338. The molecule has 0 aliphatic heterocycles. The first kappa shape index (κ1) is 25.1. The minimum Gasteiger partial charge on any atom is -0.465 e. The molecule has 0 fully saturated rings. The molecule has 0 aliphatic carbocycles. The monoisotopic (exact) mass is 451 g/mol. The van der Waals surface area contributed by atoms with Crippen LogP contribution in [0.1, 0.15) is 41.5 Å². The van der Waals surface area contributed by atoms with Gasteiger partial charge in [-0.05, 0) is 48.9 Å². The Morgan fingerprint density at radius 1 is 0.970 bits per heavy atom. The molecule has 0 unspecified atom stereocenters. The van der Waals surface area contributed by atoms with E-state index in [0.29, 0.717) is 11.3 Å². The molecular weight excluding hydrogens is 426 g/mol. The maximum absolute atomic E-state index is 13.6. The third-order valence-electron chi connectivity index (χ3n) is 4.52. The largest absolute Gasteiger partial charge is 0.465 e. The Kier molecular flexibility index (Phi) is 8.68. The molecule has 8 nitrogen and oxygen atoms in total. The van der Waals surface area contributed by atoms with Crippen LogP contribution in [0.5, 0.6) is 11.5 Å². The molecule has 0 atom stereocenters. The van der Waals surface area contributed by atoms with E-state index in [1.54, 1.807) is 30.3 Å². The van der Waals surface area contributed by atoms with Crippen molar-refractivity contribution in [1.29, 1.82) is 0 Å². The number of benzene rings is 2. The van der Waals surface area contributed by atoms with Crippen molar-refractivity contribution in [3.63, 3.8) is 0 Å². The average molecular weight is 451 g/mol. The zero-order chi connectivity index (χ0) is 24.5. The summed E-state index contributed by atoms with van der Waals surface area (Å²) < 4.78 is 15.0. The molecule has 2 aromatic carbocycles. The number of carbonyl (C=O) groups is 4. The molecule has 0 saturated heterocycles. The van der Waals surface area contributed by atoms with Gasteiger partial charge < -0.3 is 19.1 Å². The van der Waals surface area contributed by atoms with Crippen molar-refractivity contribution in [2.24, 2.45) is 0 Å². The van der Waals surface area contributed by atoms with Gasteiger partial charge in [-0.25, -0.2) is 4.79 Å². The normalized spacial score (nSPS) is 10.7. The van der Waals surface area contributed by atoms with E-state index >= 15 is 0 Å². The highest BCUT2D eigenvalue weighted by Gasteiger charge is 2.24. The van der Waals surface area contributed by atoms with E-state index < -0.39 is 23.8 Å². The van der Waals surface area contributed by atoms with Gasteiger partial charge in [0.1, 0.15) is 11.5 Å². The highest BCUT2D eigenvalue weighted by molar-refractivity contribution is 6.09. The first-order valence-electron chi connectivity index (χ1n) is 9.98. The number of hydrogen-bond acceptors (Lipinski definition) is 7. The molecule has 33 heavy (non-hydrogen) atoms. The lowest BCUT2D eigenvalue weighted by molar-refractivity contribution is -0.132. The summed E-state index contributed by atoms with van der Waals surface area (Å²) in [6.45, 7) is 8.19. The smallest absolute Gasteiger partial charge is 0.337 e. The van der Waals surface area contributed by atoms with Crippen molar-refractivity contribution in [3.05, 3.63) is 77.9 Å². The Balaban J connectivity index is 2.55. The summed E-state index contributed by atoms with van der Waals surface area (Å²) in [4.78, 5) is 49.7. The number of allylic oxidation sites excluding steroid dienone is 1. The minimum absolute atomic E-state index is 0.0527. The molecule has 172 valence electrons. The molecule has 2 aromatic rings. The number of amides is 1. The Hall–Kier alpha value is -4.20. The molecule has 0 bridgehead atoms. The van der Waals surface area contributed by atoms with Crippen LogP contribution in [0.4, 0.5) is 5.69 Å². The van der Waals surface area contributed by atoms with Gasteiger partial charge in [-0.15, -0.1) is 0 Å². The Morgan fingerprint density at radius 3 is 2.12 bits per heavy atom. The van der Waals surface area contributed by atoms with Gasteiger partial charge in [0.25, 0.3) is 5.91 Å². The minimum atomic E-state index is -0.641. The van der Waals surface area contributed by atoms with Crippen molar-refractivity contribution in [2.45, 2.75) is 20.8 Å². The zero-order valence-corrected chi connectivity index (χ0v) is 18.9. The summed E-state index contributed by atoms with van der Waals surface area (Å²) in [7, 11) is 1.28. The number of esters is 3. The molecule has 0 aromatic heterocycles. The number of nitrogens with zero attached hydrogens (tertiary/aromatic N) is 1. The van der Waals surface area contributed by atoms with Crippen molar-refractivity contribution in [3.8, 4) is 11.5 Å². The predicted octanol–water partition coefficient (Wildman–Crippen LogP) is 4.10. The number of methoxy groups -OCH3 is 1. The second-order valence-electron chi connectivity index (χ2n) is 6.84. The Bertz CT molecular complexity index is 1100. The molecule has 0 radical (unpaired) electrons. The number of ether oxygens (including phenoxy) is 3. The standard InChI is InChI=1S/C25H25NO7/c1-6-18(7-2)15-26(20-10-8-19(9-11-20)25(30)31-5)24(29)22-13-12-21(32-16(3)27)14-23(22)33-17(4)28/h6-14H,1,15H2,2-5H3. The molecule has 0 spiro atoms. The van der Waals surface area contributed by atoms with Crippen molar-refractivity contribution < 1.29 is 33.4 Å². The number of hydrogen-bond donors (Lipinski definition) is 0. The van der Waals surface area contributed by atoms with Gasteiger partial charge >= 0.3 is 17.9 Å². The van der Waals surface area contributed by atoms with Gasteiger partial charge in [-0.3, -0.25) is 14.4 Å². The van der Waals surface area contributed by atoms with Crippen LogP contribution in [0.15, 0.2) is 66.8 Å². The predicted molar refractivity (Wildman–Crippen MR) is 122 cm³/mol. The Labute approximate surface area is 192 Å². The third kappa shape index (κ3) is 6.64. The first-order valence-corrected chi connectivity index (χ1v) is 9.98. The third-order valence-corrected chi connectivity index (χ3v) is 4.52. The highest BCUT2D eigenvalue weighted by atomic mass is 16.5. The SMILES string of the molecule is C=CC(=CC)CN(C(=O)c1ccc(OC(C)=O)cc1OC(C)=O)c1ccc(C(=O)OC)cc1. The zero-order valence-electron chi connectivity index (χ0n) is 18.9. The maximum Gasteiger partial charge on any atom is 0.337 e. The van der Waals surface area contributed by atoms with Crippen LogP contribution in [0, 0.1) is 0 Å². The van der Waals surface area contributed by atoms with E-state index in [-0.39, 0.29) is 23.6 Å². The van der Waals surface area contributed by atoms with E-state index in [2.05, 4.69) is 6.58 Å². The molecule has 2 rings (SSSR count). The molecule has 0 saturated carbocycles. The van der Waals surface area contributed by atoms with Crippen LogP contribution in [0.2, 0.25) is 0 Å². The molecule has 8 heteroatoms. The van der Waals surface area contributed by atoms with E-state index in [1.807, 2.05) is 13.0 Å². The lowest BCUT2D eigenvalue weighted by Crippen LogP contribution is -2.33. The topological polar surface area (TPSA) is 99.2 Å². The van der Waals surface area contributed by atoms with Gasteiger partial charge in [0, 0.05) is 25.6 Å². The maximum atomic E-state index is 13.6. The fraction of sp³-hybridized carbons (Fsp3) is 0.200. The van der Waals surface area contributed by atoms with E-state index in [9.17, 15) is 19.2 Å². The van der Waals surface area contributed by atoms with Crippen LogP contribution in [-0.4, -0.2) is 37.5 Å². The second kappa shape index (κ2) is 11.4. The number of anilines is 1. The number of rotatable bonds is 8. The fourth-order valence-corrected chi connectivity index (χ4v) is 2.93. The first-order chi connectivity index (χ1) is 15.7. The number of carbonyl (C=O) groups excluding carboxylic acids is 4. The van der Waals surface area contributed by atoms with Crippen molar-refractivity contribution >= 4 is 29.5 Å². The van der Waals surface area contributed by atoms with Gasteiger partial charge in [0.15, 0.2) is 0 Å². The van der Waals surface area contributed by atoms with E-state index in [4.69, 9.17) is 14.2 Å². The van der Waals surface area contributed by atoms with Gasteiger partial charge in [-0.2, -0.15) is 0 Å². The highest BCUT2D eigenvalue weighted by Crippen LogP contribution is 2.29. The lowest BCUT2D eigenvalue weighted by Gasteiger charge is -2.25. The van der Waals surface area contributed by atoms with Crippen LogP contribution >= 0.6 is 0 Å². The molecule has 0 aliphatic rings. The van der Waals surface area contributed by atoms with Crippen molar-refractivity contribution in [2.75, 3.05) is 18.6 Å². The molecule has 0 heterocycles. The van der Waals surface area contributed by atoms with Gasteiger partial charge in [0.2, 0.25) is 0 Å². The van der Waals surface area contributed by atoms with Gasteiger partial charge in [0.05, 0.1) is 24.8 Å². The van der Waals surface area contributed by atoms with Crippen LogP contribution < -0.4 is 14.4 Å². The fourth-order valence-electron chi connectivity index (χ4n) is 2.93. The Morgan fingerprint density at radius 2 is 1.61 bits per heavy atom. The van der Waals surface area contributed by atoms with Crippen LogP contribution in [0.25, 0.3) is 0 Å². The average Bonchev–Trinajstić information content (AvgIpc) is 2.78. The molecule has 0 N–H and O–H groups in total.